The standard InChI is InChI=1S/C15H16ClFN2/c1-9-6-10(4-5-12(9)17)13-7-11(15(2,3)18)8-14(16)19-13/h4-8H,18H2,1-3H3. The summed E-state index contributed by atoms with van der Waals surface area (Å²) >= 11 is 6.04. The first-order valence-corrected chi connectivity index (χ1v) is 6.38. The van der Waals surface area contributed by atoms with Crippen LogP contribution in [0.5, 0.6) is 0 Å². The normalized spacial score (nSPS) is 11.7. The van der Waals surface area contributed by atoms with Gasteiger partial charge in [-0.25, -0.2) is 9.37 Å². The van der Waals surface area contributed by atoms with Crippen LogP contribution in [-0.2, 0) is 5.54 Å². The molecule has 0 amide bonds. The molecular weight excluding hydrogens is 263 g/mol. The monoisotopic (exact) mass is 278 g/mol. The van der Waals surface area contributed by atoms with Crippen LogP contribution in [0.15, 0.2) is 30.3 Å². The van der Waals surface area contributed by atoms with Crippen LogP contribution in [0, 0.1) is 12.7 Å². The Morgan fingerprint density at radius 3 is 2.47 bits per heavy atom. The van der Waals surface area contributed by atoms with Crippen LogP contribution in [0.2, 0.25) is 5.15 Å². The van der Waals surface area contributed by atoms with Crippen LogP contribution < -0.4 is 5.73 Å². The minimum absolute atomic E-state index is 0.231. The fourth-order valence-corrected chi connectivity index (χ4v) is 2.03. The Morgan fingerprint density at radius 1 is 1.21 bits per heavy atom. The van der Waals surface area contributed by atoms with Crippen molar-refractivity contribution in [3.8, 4) is 11.3 Å². The minimum Gasteiger partial charge on any atom is -0.322 e. The van der Waals surface area contributed by atoms with E-state index in [9.17, 15) is 4.39 Å². The van der Waals surface area contributed by atoms with Gasteiger partial charge in [0.25, 0.3) is 0 Å². The molecular formula is C15H16ClFN2. The van der Waals surface area contributed by atoms with Crippen molar-refractivity contribution in [2.24, 2.45) is 5.73 Å². The smallest absolute Gasteiger partial charge is 0.130 e. The van der Waals surface area contributed by atoms with Gasteiger partial charge in [-0.2, -0.15) is 0 Å². The van der Waals surface area contributed by atoms with Gasteiger partial charge in [0, 0.05) is 11.1 Å². The molecule has 0 spiro atoms. The third-order valence-electron chi connectivity index (χ3n) is 2.99. The van der Waals surface area contributed by atoms with Gasteiger partial charge in [-0.15, -0.1) is 0 Å². The van der Waals surface area contributed by atoms with E-state index in [1.54, 1.807) is 25.1 Å². The molecule has 2 N–H and O–H groups in total. The quantitative estimate of drug-likeness (QED) is 0.842. The third kappa shape index (κ3) is 3.11. The molecule has 0 aliphatic carbocycles. The van der Waals surface area contributed by atoms with E-state index < -0.39 is 5.54 Å². The molecule has 2 aromatic rings. The summed E-state index contributed by atoms with van der Waals surface area (Å²) in [5.74, 6) is -0.231. The van der Waals surface area contributed by atoms with Gasteiger partial charge in [-0.05, 0) is 62.2 Å². The number of aromatic nitrogens is 1. The first-order chi connectivity index (χ1) is 8.77. The fraction of sp³-hybridized carbons (Fsp3) is 0.267. The first kappa shape index (κ1) is 14.0. The molecule has 0 fully saturated rings. The number of rotatable bonds is 2. The maximum atomic E-state index is 13.3. The van der Waals surface area contributed by atoms with Crippen molar-refractivity contribution >= 4 is 11.6 Å². The molecule has 2 nitrogen and oxygen atoms in total. The van der Waals surface area contributed by atoms with Crippen LogP contribution in [0.4, 0.5) is 4.39 Å². The average Bonchev–Trinajstić information content (AvgIpc) is 2.31. The van der Waals surface area contributed by atoms with Gasteiger partial charge in [-0.1, -0.05) is 11.6 Å². The molecule has 1 aromatic heterocycles. The number of hydrogen-bond acceptors (Lipinski definition) is 2. The molecule has 100 valence electrons. The van der Waals surface area contributed by atoms with E-state index in [0.717, 1.165) is 11.1 Å². The predicted octanol–water partition coefficient (Wildman–Crippen LogP) is 4.04. The molecule has 0 unspecified atom stereocenters. The number of hydrogen-bond donors (Lipinski definition) is 1. The van der Waals surface area contributed by atoms with Crippen molar-refractivity contribution in [3.05, 3.63) is 52.4 Å². The van der Waals surface area contributed by atoms with Gasteiger partial charge in [-0.3, -0.25) is 0 Å². The van der Waals surface area contributed by atoms with Crippen molar-refractivity contribution < 1.29 is 4.39 Å². The molecule has 1 aromatic carbocycles. The second kappa shape index (κ2) is 4.91. The summed E-state index contributed by atoms with van der Waals surface area (Å²) in [6.07, 6.45) is 0. The molecule has 0 saturated heterocycles. The maximum absolute atomic E-state index is 13.3. The van der Waals surface area contributed by atoms with Crippen LogP contribution in [-0.4, -0.2) is 4.98 Å². The molecule has 19 heavy (non-hydrogen) atoms. The van der Waals surface area contributed by atoms with Crippen LogP contribution in [0.3, 0.4) is 0 Å². The van der Waals surface area contributed by atoms with E-state index in [4.69, 9.17) is 17.3 Å². The first-order valence-electron chi connectivity index (χ1n) is 6.01. The second-order valence-corrected chi connectivity index (χ2v) is 5.64. The maximum Gasteiger partial charge on any atom is 0.130 e. The summed E-state index contributed by atoms with van der Waals surface area (Å²) in [5.41, 5.74) is 8.57. The van der Waals surface area contributed by atoms with E-state index in [0.29, 0.717) is 16.4 Å². The van der Waals surface area contributed by atoms with Gasteiger partial charge >= 0.3 is 0 Å². The highest BCUT2D eigenvalue weighted by molar-refractivity contribution is 6.29. The fourth-order valence-electron chi connectivity index (χ4n) is 1.82. The number of aryl methyl sites for hydroxylation is 1. The van der Waals surface area contributed by atoms with Gasteiger partial charge in [0.05, 0.1) is 5.69 Å². The summed E-state index contributed by atoms with van der Waals surface area (Å²) in [4.78, 5) is 4.28. The van der Waals surface area contributed by atoms with Crippen molar-refractivity contribution in [3.63, 3.8) is 0 Å². The molecule has 0 aliphatic rings. The number of nitrogens with two attached hydrogens (primary N) is 1. The highest BCUT2D eigenvalue weighted by Crippen LogP contribution is 2.27. The lowest BCUT2D eigenvalue weighted by Gasteiger charge is -2.20. The lowest BCUT2D eigenvalue weighted by atomic mass is 9.95. The molecule has 2 rings (SSSR count). The molecule has 0 aliphatic heterocycles. The Kier molecular flexibility index (Phi) is 3.61. The summed E-state index contributed by atoms with van der Waals surface area (Å²) in [5, 5.41) is 0.382. The van der Waals surface area contributed by atoms with E-state index in [2.05, 4.69) is 4.98 Å². The lowest BCUT2D eigenvalue weighted by molar-refractivity contribution is 0.554. The number of nitrogens with zero attached hydrogens (tertiary/aromatic N) is 1. The molecule has 1 heterocycles. The number of pyridine rings is 1. The SMILES string of the molecule is Cc1cc(-c2cc(C(C)(C)N)cc(Cl)n2)ccc1F. The third-order valence-corrected chi connectivity index (χ3v) is 3.19. The second-order valence-electron chi connectivity index (χ2n) is 5.25. The largest absolute Gasteiger partial charge is 0.322 e. The summed E-state index contributed by atoms with van der Waals surface area (Å²) in [6, 6.07) is 8.51. The van der Waals surface area contributed by atoms with Crippen molar-refractivity contribution in [1.82, 2.24) is 4.98 Å². The zero-order valence-corrected chi connectivity index (χ0v) is 11.9. The van der Waals surface area contributed by atoms with Crippen molar-refractivity contribution in [2.75, 3.05) is 0 Å². The van der Waals surface area contributed by atoms with Crippen LogP contribution in [0.25, 0.3) is 11.3 Å². The van der Waals surface area contributed by atoms with Crippen molar-refractivity contribution in [2.45, 2.75) is 26.3 Å². The Labute approximate surface area is 117 Å². The van der Waals surface area contributed by atoms with Crippen LogP contribution >= 0.6 is 11.6 Å². The van der Waals surface area contributed by atoms with E-state index in [-0.39, 0.29) is 5.82 Å². The topological polar surface area (TPSA) is 38.9 Å². The minimum atomic E-state index is -0.504. The summed E-state index contributed by atoms with van der Waals surface area (Å²) in [7, 11) is 0. The van der Waals surface area contributed by atoms with Crippen molar-refractivity contribution in [1.29, 1.82) is 0 Å². The van der Waals surface area contributed by atoms with Crippen LogP contribution in [0.1, 0.15) is 25.0 Å². The number of halogens is 2. The van der Waals surface area contributed by atoms with Gasteiger partial charge in [0.1, 0.15) is 11.0 Å². The average molecular weight is 279 g/mol. The van der Waals surface area contributed by atoms with Gasteiger partial charge < -0.3 is 5.73 Å². The Bertz CT molecular complexity index is 618. The molecule has 0 saturated carbocycles. The zero-order valence-electron chi connectivity index (χ0n) is 11.2. The predicted molar refractivity (Wildman–Crippen MR) is 76.6 cm³/mol. The molecule has 4 heteroatoms. The van der Waals surface area contributed by atoms with E-state index in [1.807, 2.05) is 19.9 Å². The highest BCUT2D eigenvalue weighted by Gasteiger charge is 2.17. The highest BCUT2D eigenvalue weighted by atomic mass is 35.5. The van der Waals surface area contributed by atoms with Gasteiger partial charge in [0.15, 0.2) is 0 Å². The zero-order chi connectivity index (χ0) is 14.2. The molecule has 0 bridgehead atoms. The van der Waals surface area contributed by atoms with E-state index in [1.165, 1.54) is 6.07 Å². The summed E-state index contributed by atoms with van der Waals surface area (Å²) < 4.78 is 13.3. The Balaban J connectivity index is 2.56. The lowest BCUT2D eigenvalue weighted by Crippen LogP contribution is -2.28. The summed E-state index contributed by atoms with van der Waals surface area (Å²) in [6.45, 7) is 5.52. The molecule has 0 radical (unpaired) electrons. The Morgan fingerprint density at radius 2 is 1.89 bits per heavy atom. The molecule has 0 atom stereocenters. The van der Waals surface area contributed by atoms with Gasteiger partial charge in [0.2, 0.25) is 0 Å². The Hall–Kier alpha value is -1.45. The number of benzene rings is 1. The van der Waals surface area contributed by atoms with E-state index >= 15 is 0 Å².